The third-order valence-corrected chi connectivity index (χ3v) is 4.02. The van der Waals surface area contributed by atoms with E-state index in [1.165, 1.54) is 0 Å². The van der Waals surface area contributed by atoms with Crippen molar-refractivity contribution in [2.24, 2.45) is 7.05 Å². The second kappa shape index (κ2) is 4.61. The highest BCUT2D eigenvalue weighted by Gasteiger charge is 2.23. The zero-order valence-corrected chi connectivity index (χ0v) is 12.1. The Morgan fingerprint density at radius 3 is 2.63 bits per heavy atom. The van der Waals surface area contributed by atoms with Gasteiger partial charge >= 0.3 is 0 Å². The third-order valence-electron chi connectivity index (χ3n) is 3.63. The summed E-state index contributed by atoms with van der Waals surface area (Å²) in [6.45, 7) is 4.70. The summed E-state index contributed by atoms with van der Waals surface area (Å²) >= 11 is 6.50. The number of hydrogen-bond donors (Lipinski definition) is 0. The molecule has 0 fully saturated rings. The van der Waals surface area contributed by atoms with Crippen LogP contribution in [0.25, 0.3) is 11.5 Å². The summed E-state index contributed by atoms with van der Waals surface area (Å²) in [6, 6.07) is 0. The van der Waals surface area contributed by atoms with E-state index in [0.717, 1.165) is 49.1 Å². The molecule has 0 aromatic carbocycles. The van der Waals surface area contributed by atoms with E-state index in [9.17, 15) is 0 Å². The highest BCUT2D eigenvalue weighted by Crippen LogP contribution is 2.30. The van der Waals surface area contributed by atoms with Crippen LogP contribution < -0.4 is 0 Å². The molecule has 2 aromatic rings. The topological polar surface area (TPSA) is 51.8 Å². The lowest BCUT2D eigenvalue weighted by atomic mass is 10.3. The number of fused-ring (bicyclic) bond motifs is 1. The molecule has 19 heavy (non-hydrogen) atoms. The molecule has 3 heterocycles. The lowest BCUT2D eigenvalue weighted by Crippen LogP contribution is -2.17. The second-order valence-electron chi connectivity index (χ2n) is 5.05. The first kappa shape index (κ1) is 12.6. The SMILES string of the molecule is Cc1nnc(-c2nn3c(c2Cl)CN(C)CCC3)n1C. The number of rotatable bonds is 1. The summed E-state index contributed by atoms with van der Waals surface area (Å²) in [6.07, 6.45) is 1.08. The van der Waals surface area contributed by atoms with Gasteiger partial charge in [0.05, 0.1) is 10.7 Å². The Balaban J connectivity index is 2.10. The van der Waals surface area contributed by atoms with Crippen molar-refractivity contribution >= 4 is 11.6 Å². The maximum Gasteiger partial charge on any atom is 0.185 e. The molecule has 0 bridgehead atoms. The van der Waals surface area contributed by atoms with Crippen molar-refractivity contribution in [2.75, 3.05) is 13.6 Å². The van der Waals surface area contributed by atoms with E-state index in [1.54, 1.807) is 0 Å². The standard InChI is InChI=1S/C12H17ClN6/c1-8-14-15-12(18(8)3)11-10(13)9-7-17(2)5-4-6-19(9)16-11/h4-7H2,1-3H3. The van der Waals surface area contributed by atoms with Crippen LogP contribution in [-0.2, 0) is 20.1 Å². The normalized spacial score (nSPS) is 16.4. The van der Waals surface area contributed by atoms with Gasteiger partial charge in [-0.2, -0.15) is 5.10 Å². The molecule has 102 valence electrons. The number of nitrogens with zero attached hydrogens (tertiary/aromatic N) is 6. The first-order chi connectivity index (χ1) is 9.08. The number of aromatic nitrogens is 5. The molecule has 0 radical (unpaired) electrons. The molecule has 0 atom stereocenters. The molecular weight excluding hydrogens is 264 g/mol. The van der Waals surface area contributed by atoms with Crippen LogP contribution in [0.3, 0.4) is 0 Å². The fraction of sp³-hybridized carbons (Fsp3) is 0.583. The van der Waals surface area contributed by atoms with Crippen LogP contribution >= 0.6 is 11.6 Å². The molecule has 1 aliphatic heterocycles. The van der Waals surface area contributed by atoms with Gasteiger partial charge in [-0.1, -0.05) is 11.6 Å². The first-order valence-electron chi connectivity index (χ1n) is 6.38. The molecule has 6 nitrogen and oxygen atoms in total. The Morgan fingerprint density at radius 2 is 1.95 bits per heavy atom. The highest BCUT2D eigenvalue weighted by molar-refractivity contribution is 6.33. The minimum absolute atomic E-state index is 0.698. The van der Waals surface area contributed by atoms with Crippen LogP contribution in [0.1, 0.15) is 17.9 Å². The molecule has 2 aromatic heterocycles. The lowest BCUT2D eigenvalue weighted by molar-refractivity contribution is 0.332. The Morgan fingerprint density at radius 1 is 1.16 bits per heavy atom. The molecule has 0 spiro atoms. The van der Waals surface area contributed by atoms with Crippen molar-refractivity contribution in [3.63, 3.8) is 0 Å². The summed E-state index contributed by atoms with van der Waals surface area (Å²) in [4.78, 5) is 2.26. The van der Waals surface area contributed by atoms with Gasteiger partial charge in [0.1, 0.15) is 11.5 Å². The molecule has 0 saturated carbocycles. The first-order valence-corrected chi connectivity index (χ1v) is 6.76. The number of hydrogen-bond acceptors (Lipinski definition) is 4. The Bertz CT molecular complexity index is 614. The lowest BCUT2D eigenvalue weighted by Gasteiger charge is -2.11. The maximum atomic E-state index is 6.50. The third kappa shape index (κ3) is 2.04. The van der Waals surface area contributed by atoms with Crippen molar-refractivity contribution < 1.29 is 0 Å². The van der Waals surface area contributed by atoms with Crippen LogP contribution in [0.15, 0.2) is 0 Å². The van der Waals surface area contributed by atoms with Crippen LogP contribution in [-0.4, -0.2) is 43.0 Å². The van der Waals surface area contributed by atoms with Crippen LogP contribution in [0.4, 0.5) is 0 Å². The van der Waals surface area contributed by atoms with Crippen LogP contribution in [0.5, 0.6) is 0 Å². The largest absolute Gasteiger partial charge is 0.313 e. The molecule has 0 unspecified atom stereocenters. The van der Waals surface area contributed by atoms with Gasteiger partial charge in [-0.05, 0) is 20.4 Å². The molecule has 0 N–H and O–H groups in total. The maximum absolute atomic E-state index is 6.50. The van der Waals surface area contributed by atoms with Crippen LogP contribution in [0, 0.1) is 6.92 Å². The molecule has 3 rings (SSSR count). The average molecular weight is 281 g/mol. The molecule has 7 heteroatoms. The van der Waals surface area contributed by atoms with Gasteiger partial charge in [-0.15, -0.1) is 10.2 Å². The van der Waals surface area contributed by atoms with Crippen molar-refractivity contribution in [3.05, 3.63) is 16.5 Å². The quantitative estimate of drug-likeness (QED) is 0.794. The Labute approximate surface area is 117 Å². The predicted octanol–water partition coefficient (Wildman–Crippen LogP) is 1.48. The van der Waals surface area contributed by atoms with Gasteiger partial charge in [0.15, 0.2) is 5.82 Å². The predicted molar refractivity (Wildman–Crippen MR) is 72.9 cm³/mol. The summed E-state index contributed by atoms with van der Waals surface area (Å²) in [7, 11) is 4.03. The zero-order chi connectivity index (χ0) is 13.6. The minimum Gasteiger partial charge on any atom is -0.313 e. The van der Waals surface area contributed by atoms with Crippen LogP contribution in [0.2, 0.25) is 5.02 Å². The number of halogens is 1. The summed E-state index contributed by atoms with van der Waals surface area (Å²) < 4.78 is 3.92. The average Bonchev–Trinajstić information content (AvgIpc) is 2.77. The smallest absolute Gasteiger partial charge is 0.185 e. The van der Waals surface area contributed by atoms with E-state index >= 15 is 0 Å². The molecule has 0 amide bonds. The summed E-state index contributed by atoms with van der Waals surface area (Å²) in [5, 5.41) is 13.6. The van der Waals surface area contributed by atoms with Crippen molar-refractivity contribution in [2.45, 2.75) is 26.4 Å². The van der Waals surface area contributed by atoms with E-state index in [4.69, 9.17) is 11.6 Å². The van der Waals surface area contributed by atoms with E-state index in [-0.39, 0.29) is 0 Å². The van der Waals surface area contributed by atoms with Crippen molar-refractivity contribution in [1.29, 1.82) is 0 Å². The van der Waals surface area contributed by atoms with Crippen molar-refractivity contribution in [1.82, 2.24) is 29.4 Å². The zero-order valence-electron chi connectivity index (χ0n) is 11.4. The van der Waals surface area contributed by atoms with E-state index in [2.05, 4.69) is 27.2 Å². The van der Waals surface area contributed by atoms with Gasteiger partial charge in [-0.3, -0.25) is 4.68 Å². The molecule has 1 aliphatic rings. The van der Waals surface area contributed by atoms with Crippen molar-refractivity contribution in [3.8, 4) is 11.5 Å². The van der Waals surface area contributed by atoms with Gasteiger partial charge in [0.2, 0.25) is 0 Å². The molecule has 0 saturated heterocycles. The van der Waals surface area contributed by atoms with E-state index < -0.39 is 0 Å². The monoisotopic (exact) mass is 280 g/mol. The Hall–Kier alpha value is -1.40. The highest BCUT2D eigenvalue weighted by atomic mass is 35.5. The fourth-order valence-corrected chi connectivity index (χ4v) is 2.67. The fourth-order valence-electron chi connectivity index (χ4n) is 2.39. The van der Waals surface area contributed by atoms with Gasteiger partial charge in [0, 0.05) is 26.7 Å². The van der Waals surface area contributed by atoms with E-state index in [1.807, 2.05) is 23.2 Å². The van der Waals surface area contributed by atoms with Gasteiger partial charge in [0.25, 0.3) is 0 Å². The molecular formula is C12H17ClN6. The Kier molecular flexibility index (Phi) is 3.06. The van der Waals surface area contributed by atoms with E-state index in [0.29, 0.717) is 5.02 Å². The number of aryl methyl sites for hydroxylation is 2. The second-order valence-corrected chi connectivity index (χ2v) is 5.43. The van der Waals surface area contributed by atoms with Gasteiger partial charge < -0.3 is 9.47 Å². The van der Waals surface area contributed by atoms with Gasteiger partial charge in [-0.25, -0.2) is 0 Å². The summed E-state index contributed by atoms with van der Waals surface area (Å²) in [5.74, 6) is 1.58. The molecule has 0 aliphatic carbocycles. The minimum atomic E-state index is 0.698. The summed E-state index contributed by atoms with van der Waals surface area (Å²) in [5.41, 5.74) is 1.80.